The van der Waals surface area contributed by atoms with Crippen LogP contribution in [0.5, 0.6) is 0 Å². The van der Waals surface area contributed by atoms with Gasteiger partial charge in [-0.1, -0.05) is 25.4 Å². The van der Waals surface area contributed by atoms with Crippen molar-refractivity contribution in [3.8, 4) is 0 Å². The Bertz CT molecular complexity index is 575. The van der Waals surface area contributed by atoms with Crippen molar-refractivity contribution >= 4 is 28.9 Å². The third-order valence-electron chi connectivity index (χ3n) is 4.91. The molecule has 5 heteroatoms. The number of hydrogen-bond donors (Lipinski definition) is 2. The molecular weight excluding hydrogens is 286 g/mol. The smallest absolute Gasteiger partial charge is 0.246 e. The second kappa shape index (κ2) is 5.50. The number of nitrogens with one attached hydrogen (secondary N) is 2. The van der Waals surface area contributed by atoms with Gasteiger partial charge in [-0.3, -0.25) is 4.79 Å². The molecule has 2 heterocycles. The SMILES string of the molecule is CNC1C(=O)Nc2cc(N3CCC(C)C(C)C3)c(Cl)cc21. The van der Waals surface area contributed by atoms with Gasteiger partial charge in [-0.2, -0.15) is 0 Å². The molecule has 0 aliphatic carbocycles. The van der Waals surface area contributed by atoms with E-state index in [9.17, 15) is 4.79 Å². The van der Waals surface area contributed by atoms with Crippen molar-refractivity contribution in [3.63, 3.8) is 0 Å². The molecule has 1 amide bonds. The van der Waals surface area contributed by atoms with E-state index >= 15 is 0 Å². The van der Waals surface area contributed by atoms with E-state index in [1.54, 1.807) is 7.05 Å². The van der Waals surface area contributed by atoms with Gasteiger partial charge in [0, 0.05) is 24.3 Å². The Morgan fingerprint density at radius 3 is 2.76 bits per heavy atom. The molecule has 0 saturated carbocycles. The topological polar surface area (TPSA) is 44.4 Å². The van der Waals surface area contributed by atoms with E-state index in [2.05, 4.69) is 29.4 Å². The summed E-state index contributed by atoms with van der Waals surface area (Å²) in [6.45, 7) is 6.64. The van der Waals surface area contributed by atoms with Gasteiger partial charge < -0.3 is 15.5 Å². The average Bonchev–Trinajstić information content (AvgIpc) is 2.75. The molecule has 0 radical (unpaired) electrons. The summed E-state index contributed by atoms with van der Waals surface area (Å²) in [7, 11) is 1.79. The zero-order valence-corrected chi connectivity index (χ0v) is 13.5. The molecule has 0 spiro atoms. The van der Waals surface area contributed by atoms with E-state index < -0.39 is 0 Å². The van der Waals surface area contributed by atoms with Crippen molar-refractivity contribution in [2.75, 3.05) is 30.4 Å². The molecule has 21 heavy (non-hydrogen) atoms. The Morgan fingerprint density at radius 2 is 2.10 bits per heavy atom. The second-order valence-corrected chi connectivity index (χ2v) is 6.70. The molecule has 1 fully saturated rings. The minimum Gasteiger partial charge on any atom is -0.370 e. The number of amides is 1. The molecule has 3 atom stereocenters. The quantitative estimate of drug-likeness (QED) is 0.882. The molecule has 3 unspecified atom stereocenters. The number of piperidine rings is 1. The molecule has 4 nitrogen and oxygen atoms in total. The third kappa shape index (κ3) is 2.51. The van der Waals surface area contributed by atoms with E-state index in [0.29, 0.717) is 5.92 Å². The first-order valence-corrected chi connectivity index (χ1v) is 7.95. The number of anilines is 2. The lowest BCUT2D eigenvalue weighted by molar-refractivity contribution is -0.117. The Labute approximate surface area is 130 Å². The average molecular weight is 308 g/mol. The van der Waals surface area contributed by atoms with Gasteiger partial charge in [-0.05, 0) is 37.4 Å². The van der Waals surface area contributed by atoms with E-state index in [-0.39, 0.29) is 11.9 Å². The van der Waals surface area contributed by atoms with Crippen LogP contribution in [0.25, 0.3) is 0 Å². The summed E-state index contributed by atoms with van der Waals surface area (Å²) in [6, 6.07) is 3.65. The lowest BCUT2D eigenvalue weighted by atomic mass is 9.88. The molecule has 1 aromatic rings. The number of benzene rings is 1. The Kier molecular flexibility index (Phi) is 3.84. The number of nitrogens with zero attached hydrogens (tertiary/aromatic N) is 1. The summed E-state index contributed by atoms with van der Waals surface area (Å²) >= 11 is 6.49. The maximum atomic E-state index is 11.9. The van der Waals surface area contributed by atoms with Crippen molar-refractivity contribution in [1.82, 2.24) is 5.32 Å². The molecule has 0 aromatic heterocycles. The second-order valence-electron chi connectivity index (χ2n) is 6.29. The van der Waals surface area contributed by atoms with Crippen LogP contribution in [0.2, 0.25) is 5.02 Å². The number of carbonyl (C=O) groups excluding carboxylic acids is 1. The summed E-state index contributed by atoms with van der Waals surface area (Å²) in [5.41, 5.74) is 2.85. The van der Waals surface area contributed by atoms with Crippen LogP contribution in [0.15, 0.2) is 12.1 Å². The van der Waals surface area contributed by atoms with E-state index in [4.69, 9.17) is 11.6 Å². The van der Waals surface area contributed by atoms with Crippen LogP contribution in [-0.2, 0) is 4.79 Å². The standard InChI is InChI=1S/C16H22ClN3O/c1-9-4-5-20(8-10(9)2)14-7-13-11(6-12(14)17)15(18-3)16(21)19-13/h6-7,9-10,15,18H,4-5,8H2,1-3H3,(H,19,21). The fourth-order valence-corrected chi connectivity index (χ4v) is 3.57. The minimum atomic E-state index is -0.299. The molecule has 3 rings (SSSR count). The van der Waals surface area contributed by atoms with Gasteiger partial charge in [0.1, 0.15) is 6.04 Å². The Morgan fingerprint density at radius 1 is 1.33 bits per heavy atom. The van der Waals surface area contributed by atoms with Crippen LogP contribution < -0.4 is 15.5 Å². The molecular formula is C16H22ClN3O. The Balaban J connectivity index is 1.92. The number of rotatable bonds is 2. The number of halogens is 1. The highest BCUT2D eigenvalue weighted by Gasteiger charge is 2.32. The van der Waals surface area contributed by atoms with Gasteiger partial charge >= 0.3 is 0 Å². The Hall–Kier alpha value is -1.26. The summed E-state index contributed by atoms with van der Waals surface area (Å²) in [5, 5.41) is 6.69. The normalized spacial score (nSPS) is 28.5. The highest BCUT2D eigenvalue weighted by molar-refractivity contribution is 6.33. The van der Waals surface area contributed by atoms with Crippen molar-refractivity contribution in [2.24, 2.45) is 11.8 Å². The van der Waals surface area contributed by atoms with Crippen molar-refractivity contribution in [2.45, 2.75) is 26.3 Å². The monoisotopic (exact) mass is 307 g/mol. The van der Waals surface area contributed by atoms with Gasteiger partial charge in [0.05, 0.1) is 10.7 Å². The number of likely N-dealkylation sites (N-methyl/N-ethyl adjacent to an activating group) is 1. The summed E-state index contributed by atoms with van der Waals surface area (Å²) in [4.78, 5) is 14.3. The zero-order chi connectivity index (χ0) is 15.1. The first kappa shape index (κ1) is 14.7. The maximum Gasteiger partial charge on any atom is 0.246 e. The number of fused-ring (bicyclic) bond motifs is 1. The zero-order valence-electron chi connectivity index (χ0n) is 12.7. The fourth-order valence-electron chi connectivity index (χ4n) is 3.28. The number of carbonyl (C=O) groups is 1. The van der Waals surface area contributed by atoms with E-state index in [1.165, 1.54) is 6.42 Å². The van der Waals surface area contributed by atoms with Gasteiger partial charge in [0.25, 0.3) is 0 Å². The summed E-state index contributed by atoms with van der Waals surface area (Å²) < 4.78 is 0. The lowest BCUT2D eigenvalue weighted by Crippen LogP contribution is -2.38. The van der Waals surface area contributed by atoms with Gasteiger partial charge in [-0.15, -0.1) is 0 Å². The van der Waals surface area contributed by atoms with Crippen molar-refractivity contribution in [1.29, 1.82) is 0 Å². The first-order chi connectivity index (χ1) is 10.0. The predicted molar refractivity (Wildman–Crippen MR) is 87.0 cm³/mol. The lowest BCUT2D eigenvalue weighted by Gasteiger charge is -2.37. The van der Waals surface area contributed by atoms with Gasteiger partial charge in [0.2, 0.25) is 5.91 Å². The largest absolute Gasteiger partial charge is 0.370 e. The summed E-state index contributed by atoms with van der Waals surface area (Å²) in [6.07, 6.45) is 1.18. The van der Waals surface area contributed by atoms with Crippen LogP contribution in [0.1, 0.15) is 31.9 Å². The van der Waals surface area contributed by atoms with Crippen LogP contribution in [0.4, 0.5) is 11.4 Å². The summed E-state index contributed by atoms with van der Waals surface area (Å²) in [5.74, 6) is 1.40. The van der Waals surface area contributed by atoms with Gasteiger partial charge in [0.15, 0.2) is 0 Å². The minimum absolute atomic E-state index is 0.0126. The molecule has 0 bridgehead atoms. The molecule has 114 valence electrons. The fraction of sp³-hybridized carbons (Fsp3) is 0.562. The predicted octanol–water partition coefficient (Wildman–Crippen LogP) is 3.03. The van der Waals surface area contributed by atoms with Crippen LogP contribution in [0, 0.1) is 11.8 Å². The van der Waals surface area contributed by atoms with Crippen molar-refractivity contribution < 1.29 is 4.79 Å². The highest BCUT2D eigenvalue weighted by atomic mass is 35.5. The molecule has 1 saturated heterocycles. The van der Waals surface area contributed by atoms with E-state index in [1.807, 2.05) is 12.1 Å². The van der Waals surface area contributed by atoms with Crippen LogP contribution in [0.3, 0.4) is 0 Å². The van der Waals surface area contributed by atoms with Crippen LogP contribution >= 0.6 is 11.6 Å². The molecule has 1 aromatic carbocycles. The highest BCUT2D eigenvalue weighted by Crippen LogP contribution is 2.40. The molecule has 2 aliphatic heterocycles. The van der Waals surface area contributed by atoms with Crippen molar-refractivity contribution in [3.05, 3.63) is 22.7 Å². The molecule has 2 aliphatic rings. The van der Waals surface area contributed by atoms with Gasteiger partial charge in [-0.25, -0.2) is 0 Å². The number of hydrogen-bond acceptors (Lipinski definition) is 3. The maximum absolute atomic E-state index is 11.9. The molecule has 2 N–H and O–H groups in total. The third-order valence-corrected chi connectivity index (χ3v) is 5.22. The van der Waals surface area contributed by atoms with E-state index in [0.717, 1.165) is 41.0 Å². The first-order valence-electron chi connectivity index (χ1n) is 7.57. The van der Waals surface area contributed by atoms with Crippen LogP contribution in [-0.4, -0.2) is 26.0 Å².